The van der Waals surface area contributed by atoms with Crippen molar-refractivity contribution in [2.75, 3.05) is 0 Å². The Hall–Kier alpha value is -1.58. The Morgan fingerprint density at radius 1 is 1.46 bits per heavy atom. The normalized spacial score (nSPS) is 11.3. The van der Waals surface area contributed by atoms with Crippen molar-refractivity contribution in [1.29, 1.82) is 0 Å². The summed E-state index contributed by atoms with van der Waals surface area (Å²) in [7, 11) is 0. The van der Waals surface area contributed by atoms with Crippen LogP contribution in [0.3, 0.4) is 0 Å². The van der Waals surface area contributed by atoms with E-state index in [0.29, 0.717) is 6.04 Å². The molecule has 13 heavy (non-hydrogen) atoms. The van der Waals surface area contributed by atoms with Crippen LogP contribution in [-0.4, -0.2) is 14.5 Å². The zero-order valence-corrected chi connectivity index (χ0v) is 7.61. The Balaban J connectivity index is 2.79. The minimum Gasteiger partial charge on any atom is -0.314 e. The minimum absolute atomic E-state index is 0.0881. The minimum atomic E-state index is -0.0881. The molecule has 2 rings (SSSR count). The Morgan fingerprint density at radius 3 is 2.92 bits per heavy atom. The molecule has 0 spiro atoms. The highest BCUT2D eigenvalue weighted by Gasteiger charge is 2.04. The highest BCUT2D eigenvalue weighted by atomic mass is 16.1. The van der Waals surface area contributed by atoms with E-state index in [2.05, 4.69) is 9.97 Å². The van der Waals surface area contributed by atoms with Crippen molar-refractivity contribution in [2.45, 2.75) is 19.9 Å². The summed E-state index contributed by atoms with van der Waals surface area (Å²) in [6.45, 7) is 4.10. The number of aromatic amines is 1. The molecule has 2 aromatic rings. The van der Waals surface area contributed by atoms with Crippen LogP contribution in [-0.2, 0) is 0 Å². The van der Waals surface area contributed by atoms with Gasteiger partial charge in [0.1, 0.15) is 11.2 Å². The van der Waals surface area contributed by atoms with Gasteiger partial charge in [-0.2, -0.15) is 0 Å². The standard InChI is InChI=1S/C9H11N3O/c1-6(2)12-5-10-7-3-4-8(13)11-9(7)12/h3-6H,1-2H3,(H,11,13). The number of H-pyrrole nitrogens is 1. The number of fused-ring (bicyclic) bond motifs is 1. The smallest absolute Gasteiger partial charge is 0.249 e. The molecule has 0 unspecified atom stereocenters. The maximum absolute atomic E-state index is 11.1. The molecular weight excluding hydrogens is 166 g/mol. The maximum Gasteiger partial charge on any atom is 0.249 e. The lowest BCUT2D eigenvalue weighted by atomic mass is 10.4. The summed E-state index contributed by atoms with van der Waals surface area (Å²) in [6, 6.07) is 3.52. The molecule has 1 N–H and O–H groups in total. The molecule has 0 aliphatic rings. The van der Waals surface area contributed by atoms with E-state index in [4.69, 9.17) is 0 Å². The molecule has 0 aromatic carbocycles. The van der Waals surface area contributed by atoms with Gasteiger partial charge in [-0.1, -0.05) is 0 Å². The number of hydrogen-bond donors (Lipinski definition) is 1. The Kier molecular flexibility index (Phi) is 1.69. The number of nitrogens with zero attached hydrogens (tertiary/aromatic N) is 2. The first-order valence-corrected chi connectivity index (χ1v) is 4.24. The monoisotopic (exact) mass is 177 g/mol. The third-order valence-electron chi connectivity index (χ3n) is 2.01. The number of pyridine rings is 1. The zero-order valence-electron chi connectivity index (χ0n) is 7.61. The fourth-order valence-electron chi connectivity index (χ4n) is 1.33. The van der Waals surface area contributed by atoms with Crippen molar-refractivity contribution >= 4 is 11.2 Å². The number of hydrogen-bond acceptors (Lipinski definition) is 2. The van der Waals surface area contributed by atoms with Gasteiger partial charge in [0.25, 0.3) is 0 Å². The SMILES string of the molecule is CC(C)n1cnc2ccc(=O)[nH]c21. The largest absolute Gasteiger partial charge is 0.314 e. The van der Waals surface area contributed by atoms with Gasteiger partial charge in [0.05, 0.1) is 6.33 Å². The van der Waals surface area contributed by atoms with Crippen LogP contribution in [0.25, 0.3) is 11.2 Å². The second-order valence-electron chi connectivity index (χ2n) is 3.30. The summed E-state index contributed by atoms with van der Waals surface area (Å²) in [5.41, 5.74) is 1.53. The van der Waals surface area contributed by atoms with Crippen LogP contribution in [0.5, 0.6) is 0 Å². The number of aromatic nitrogens is 3. The average molecular weight is 177 g/mol. The molecular formula is C9H11N3O. The summed E-state index contributed by atoms with van der Waals surface area (Å²) >= 11 is 0. The van der Waals surface area contributed by atoms with Crippen molar-refractivity contribution < 1.29 is 0 Å². The van der Waals surface area contributed by atoms with Gasteiger partial charge in [-0.25, -0.2) is 4.98 Å². The molecule has 68 valence electrons. The first kappa shape index (κ1) is 8.04. The van der Waals surface area contributed by atoms with Crippen molar-refractivity contribution in [3.05, 3.63) is 28.8 Å². The first-order valence-electron chi connectivity index (χ1n) is 4.24. The molecule has 0 bridgehead atoms. The van der Waals surface area contributed by atoms with E-state index < -0.39 is 0 Å². The Bertz CT molecular complexity index is 481. The van der Waals surface area contributed by atoms with Gasteiger partial charge < -0.3 is 9.55 Å². The van der Waals surface area contributed by atoms with Crippen LogP contribution in [0, 0.1) is 0 Å². The predicted molar refractivity (Wildman–Crippen MR) is 50.7 cm³/mol. The van der Waals surface area contributed by atoms with E-state index in [0.717, 1.165) is 11.2 Å². The van der Waals surface area contributed by atoms with Gasteiger partial charge in [-0.3, -0.25) is 4.79 Å². The summed E-state index contributed by atoms with van der Waals surface area (Å²) in [6.07, 6.45) is 1.74. The number of imidazole rings is 1. The molecule has 0 fully saturated rings. The van der Waals surface area contributed by atoms with E-state index in [1.807, 2.05) is 18.4 Å². The van der Waals surface area contributed by atoms with Gasteiger partial charge in [0.15, 0.2) is 0 Å². The lowest BCUT2D eigenvalue weighted by molar-refractivity contribution is 0.612. The van der Waals surface area contributed by atoms with Crippen molar-refractivity contribution in [1.82, 2.24) is 14.5 Å². The van der Waals surface area contributed by atoms with E-state index >= 15 is 0 Å². The van der Waals surface area contributed by atoms with Crippen LogP contribution < -0.4 is 5.56 Å². The van der Waals surface area contributed by atoms with E-state index in [1.165, 1.54) is 6.07 Å². The molecule has 0 aliphatic heterocycles. The summed E-state index contributed by atoms with van der Waals surface area (Å²) in [5.74, 6) is 0. The second kappa shape index (κ2) is 2.73. The van der Waals surface area contributed by atoms with E-state index in [1.54, 1.807) is 12.4 Å². The third-order valence-corrected chi connectivity index (χ3v) is 2.01. The summed E-state index contributed by atoms with van der Waals surface area (Å²) < 4.78 is 1.94. The average Bonchev–Trinajstić information content (AvgIpc) is 2.46. The van der Waals surface area contributed by atoms with Crippen LogP contribution in [0.2, 0.25) is 0 Å². The van der Waals surface area contributed by atoms with Gasteiger partial charge in [-0.15, -0.1) is 0 Å². The Labute approximate surface area is 75.2 Å². The molecule has 2 heterocycles. The molecule has 4 heteroatoms. The van der Waals surface area contributed by atoms with Gasteiger partial charge in [0, 0.05) is 12.1 Å². The summed E-state index contributed by atoms with van der Waals surface area (Å²) in [4.78, 5) is 18.0. The van der Waals surface area contributed by atoms with Crippen LogP contribution in [0.15, 0.2) is 23.3 Å². The fourth-order valence-corrected chi connectivity index (χ4v) is 1.33. The summed E-state index contributed by atoms with van der Waals surface area (Å²) in [5, 5.41) is 0. The van der Waals surface area contributed by atoms with Crippen LogP contribution in [0.4, 0.5) is 0 Å². The molecule has 0 saturated heterocycles. The van der Waals surface area contributed by atoms with Crippen molar-refractivity contribution in [2.24, 2.45) is 0 Å². The van der Waals surface area contributed by atoms with Crippen LogP contribution in [0.1, 0.15) is 19.9 Å². The highest BCUT2D eigenvalue weighted by molar-refractivity contribution is 5.70. The lowest BCUT2D eigenvalue weighted by Gasteiger charge is -2.06. The van der Waals surface area contributed by atoms with E-state index in [9.17, 15) is 4.79 Å². The number of nitrogens with one attached hydrogen (secondary N) is 1. The molecule has 2 aromatic heterocycles. The van der Waals surface area contributed by atoms with Crippen molar-refractivity contribution in [3.63, 3.8) is 0 Å². The highest BCUT2D eigenvalue weighted by Crippen LogP contribution is 2.12. The molecule has 0 aliphatic carbocycles. The maximum atomic E-state index is 11.1. The van der Waals surface area contributed by atoms with Gasteiger partial charge in [-0.05, 0) is 19.9 Å². The first-order chi connectivity index (χ1) is 6.18. The Morgan fingerprint density at radius 2 is 2.23 bits per heavy atom. The van der Waals surface area contributed by atoms with Gasteiger partial charge in [0.2, 0.25) is 5.56 Å². The van der Waals surface area contributed by atoms with Gasteiger partial charge >= 0.3 is 0 Å². The van der Waals surface area contributed by atoms with E-state index in [-0.39, 0.29) is 5.56 Å². The predicted octanol–water partition coefficient (Wildman–Crippen LogP) is 1.31. The second-order valence-corrected chi connectivity index (χ2v) is 3.30. The topological polar surface area (TPSA) is 50.7 Å². The van der Waals surface area contributed by atoms with Crippen molar-refractivity contribution in [3.8, 4) is 0 Å². The third kappa shape index (κ3) is 1.24. The lowest BCUT2D eigenvalue weighted by Crippen LogP contribution is -2.07. The molecule has 0 atom stereocenters. The zero-order chi connectivity index (χ0) is 9.42. The molecule has 0 amide bonds. The number of rotatable bonds is 1. The fraction of sp³-hybridized carbons (Fsp3) is 0.333. The van der Waals surface area contributed by atoms with Crippen LogP contribution >= 0.6 is 0 Å². The molecule has 4 nitrogen and oxygen atoms in total. The molecule has 0 saturated carbocycles. The quantitative estimate of drug-likeness (QED) is 0.713. The molecule has 0 radical (unpaired) electrons.